The first-order valence-electron chi connectivity index (χ1n) is 8.80. The van der Waals surface area contributed by atoms with Gasteiger partial charge in [0.25, 0.3) is 0 Å². The van der Waals surface area contributed by atoms with Crippen molar-refractivity contribution in [3.05, 3.63) is 57.5 Å². The lowest BCUT2D eigenvalue weighted by molar-refractivity contribution is 0.396. The van der Waals surface area contributed by atoms with Gasteiger partial charge in [0.1, 0.15) is 5.84 Å². The maximum absolute atomic E-state index is 6.12. The van der Waals surface area contributed by atoms with E-state index in [1.54, 1.807) is 0 Å². The van der Waals surface area contributed by atoms with E-state index in [2.05, 4.69) is 44.8 Å². The highest BCUT2D eigenvalue weighted by Crippen LogP contribution is 2.41. The monoisotopic (exact) mass is 417 g/mol. The van der Waals surface area contributed by atoms with E-state index in [0.29, 0.717) is 0 Å². The fourth-order valence-electron chi connectivity index (χ4n) is 3.81. The zero-order valence-electron chi connectivity index (χ0n) is 14.0. The molecule has 130 valence electrons. The Morgan fingerprint density at radius 1 is 1.12 bits per heavy atom. The van der Waals surface area contributed by atoms with Crippen molar-refractivity contribution in [2.45, 2.75) is 44.2 Å². The Bertz CT molecular complexity index is 812. The molecular weight excluding hydrogens is 398 g/mol. The smallest absolute Gasteiger partial charge is 0.128 e. The molecule has 2 aromatic carbocycles. The molecule has 3 nitrogen and oxygen atoms in total. The predicted octanol–water partition coefficient (Wildman–Crippen LogP) is 6.05. The van der Waals surface area contributed by atoms with Gasteiger partial charge in [-0.25, -0.2) is 4.99 Å². The minimum absolute atomic E-state index is 0.0788. The average Bonchev–Trinajstić information content (AvgIpc) is 2.61. The van der Waals surface area contributed by atoms with Crippen LogP contribution in [-0.4, -0.2) is 11.4 Å². The summed E-state index contributed by atoms with van der Waals surface area (Å²) in [5, 5.41) is 8.17. The van der Waals surface area contributed by atoms with Gasteiger partial charge in [-0.15, -0.1) is 0 Å². The number of hydrogen-bond acceptors (Lipinski definition) is 3. The Kier molecular flexibility index (Phi) is 4.74. The summed E-state index contributed by atoms with van der Waals surface area (Å²) in [5.74, 6) is 1.06. The molecule has 0 saturated heterocycles. The minimum atomic E-state index is -0.0788. The second kappa shape index (κ2) is 7.00. The fraction of sp³-hybridized carbons (Fsp3) is 0.350. The van der Waals surface area contributed by atoms with Crippen LogP contribution < -0.4 is 10.6 Å². The molecule has 1 fully saturated rings. The van der Waals surface area contributed by atoms with Crippen molar-refractivity contribution >= 4 is 44.7 Å². The molecular formula is C20H21BrClN3. The molecule has 1 aliphatic heterocycles. The molecule has 0 bridgehead atoms. The molecule has 0 aromatic heterocycles. The number of hydrogen-bond donors (Lipinski definition) is 2. The van der Waals surface area contributed by atoms with Gasteiger partial charge in [-0.2, -0.15) is 0 Å². The van der Waals surface area contributed by atoms with Crippen LogP contribution in [0.5, 0.6) is 0 Å². The second-order valence-corrected chi connectivity index (χ2v) is 8.23. The number of halogens is 2. The van der Waals surface area contributed by atoms with E-state index in [1.807, 2.05) is 24.3 Å². The Balaban J connectivity index is 1.64. The number of aliphatic imine (C=N–C) groups is 1. The highest BCUT2D eigenvalue weighted by Gasteiger charge is 2.40. The van der Waals surface area contributed by atoms with E-state index in [9.17, 15) is 0 Å². The molecule has 2 N–H and O–H groups in total. The van der Waals surface area contributed by atoms with E-state index < -0.39 is 0 Å². The van der Waals surface area contributed by atoms with Crippen LogP contribution in [0.25, 0.3) is 0 Å². The normalized spacial score (nSPS) is 18.2. The lowest BCUT2D eigenvalue weighted by Crippen LogP contribution is -2.54. The van der Waals surface area contributed by atoms with Crippen molar-refractivity contribution in [1.82, 2.24) is 5.32 Å². The van der Waals surface area contributed by atoms with Gasteiger partial charge >= 0.3 is 0 Å². The summed E-state index contributed by atoms with van der Waals surface area (Å²) >= 11 is 9.68. The summed E-state index contributed by atoms with van der Waals surface area (Å²) in [6.45, 7) is 0.731. The summed E-state index contributed by atoms with van der Waals surface area (Å²) in [7, 11) is 0. The summed E-state index contributed by atoms with van der Waals surface area (Å²) in [6.07, 6.45) is 5.99. The largest absolute Gasteiger partial charge is 0.371 e. The van der Waals surface area contributed by atoms with Gasteiger partial charge in [0.15, 0.2) is 0 Å². The van der Waals surface area contributed by atoms with E-state index >= 15 is 0 Å². The molecule has 0 unspecified atom stereocenters. The van der Waals surface area contributed by atoms with Crippen molar-refractivity contribution in [3.8, 4) is 0 Å². The maximum Gasteiger partial charge on any atom is 0.128 e. The van der Waals surface area contributed by atoms with Crippen molar-refractivity contribution in [2.75, 3.05) is 5.32 Å². The van der Waals surface area contributed by atoms with Crippen LogP contribution in [0.15, 0.2) is 51.9 Å². The van der Waals surface area contributed by atoms with E-state index in [0.717, 1.165) is 46.1 Å². The lowest BCUT2D eigenvalue weighted by atomic mass is 9.79. The number of anilines is 1. The Morgan fingerprint density at radius 2 is 1.96 bits per heavy atom. The average molecular weight is 419 g/mol. The van der Waals surface area contributed by atoms with Gasteiger partial charge in [0, 0.05) is 16.0 Å². The summed E-state index contributed by atoms with van der Waals surface area (Å²) in [6, 6.07) is 14.2. The molecule has 0 atom stereocenters. The van der Waals surface area contributed by atoms with Crippen LogP contribution >= 0.6 is 27.5 Å². The third kappa shape index (κ3) is 3.56. The van der Waals surface area contributed by atoms with Crippen molar-refractivity contribution in [3.63, 3.8) is 0 Å². The summed E-state index contributed by atoms with van der Waals surface area (Å²) < 4.78 is 1.08. The fourth-order valence-corrected chi connectivity index (χ4v) is 4.38. The van der Waals surface area contributed by atoms with E-state index in [-0.39, 0.29) is 5.54 Å². The number of nitrogens with one attached hydrogen (secondary N) is 2. The van der Waals surface area contributed by atoms with Crippen LogP contribution in [0, 0.1) is 0 Å². The van der Waals surface area contributed by atoms with Crippen molar-refractivity contribution < 1.29 is 0 Å². The minimum Gasteiger partial charge on any atom is -0.371 e. The molecule has 2 aromatic rings. The maximum atomic E-state index is 6.12. The van der Waals surface area contributed by atoms with Crippen LogP contribution in [-0.2, 0) is 6.54 Å². The molecule has 0 amide bonds. The van der Waals surface area contributed by atoms with Gasteiger partial charge in [-0.1, -0.05) is 58.9 Å². The molecule has 1 aliphatic carbocycles. The topological polar surface area (TPSA) is 36.4 Å². The van der Waals surface area contributed by atoms with Crippen LogP contribution in [0.3, 0.4) is 0 Å². The van der Waals surface area contributed by atoms with Gasteiger partial charge in [0.05, 0.1) is 16.9 Å². The van der Waals surface area contributed by atoms with Crippen LogP contribution in [0.4, 0.5) is 11.4 Å². The number of amidine groups is 1. The second-order valence-electron chi connectivity index (χ2n) is 6.87. The first-order chi connectivity index (χ1) is 12.1. The van der Waals surface area contributed by atoms with E-state index in [4.69, 9.17) is 16.6 Å². The first kappa shape index (κ1) is 16.9. The van der Waals surface area contributed by atoms with Crippen molar-refractivity contribution in [2.24, 2.45) is 4.99 Å². The van der Waals surface area contributed by atoms with Gasteiger partial charge in [-0.05, 0) is 48.7 Å². The lowest BCUT2D eigenvalue weighted by Gasteiger charge is -2.42. The molecule has 25 heavy (non-hydrogen) atoms. The zero-order chi connectivity index (χ0) is 17.3. The Morgan fingerprint density at radius 3 is 2.76 bits per heavy atom. The third-order valence-electron chi connectivity index (χ3n) is 5.07. The Hall–Kier alpha value is -1.52. The van der Waals surface area contributed by atoms with Crippen LogP contribution in [0.1, 0.15) is 37.7 Å². The highest BCUT2D eigenvalue weighted by atomic mass is 79.9. The number of rotatable bonds is 2. The van der Waals surface area contributed by atoms with Gasteiger partial charge in [-0.3, -0.25) is 0 Å². The standard InChI is InChI=1S/C20H21BrClN3/c21-15-7-8-17-18(12-15)25-20(9-2-1-3-10-20)19(24-17)23-13-14-5-4-6-16(22)11-14/h4-8,11-12,25H,1-3,9-10,13H2,(H,23,24). The molecule has 1 heterocycles. The number of nitrogens with zero attached hydrogens (tertiary/aromatic N) is 1. The number of benzene rings is 2. The first-order valence-corrected chi connectivity index (χ1v) is 9.97. The van der Waals surface area contributed by atoms with Gasteiger partial charge in [0.2, 0.25) is 0 Å². The summed E-state index contributed by atoms with van der Waals surface area (Å²) in [4.78, 5) is 4.99. The Labute approximate surface area is 162 Å². The molecule has 2 aliphatic rings. The molecule has 1 saturated carbocycles. The zero-order valence-corrected chi connectivity index (χ0v) is 16.3. The van der Waals surface area contributed by atoms with E-state index in [1.165, 1.54) is 24.8 Å². The van der Waals surface area contributed by atoms with Gasteiger partial charge < -0.3 is 10.6 Å². The molecule has 1 spiro atoms. The third-order valence-corrected chi connectivity index (χ3v) is 5.80. The molecule has 5 heteroatoms. The quantitative estimate of drug-likeness (QED) is 0.622. The molecule has 4 rings (SSSR count). The van der Waals surface area contributed by atoms with Crippen LogP contribution in [0.2, 0.25) is 5.02 Å². The van der Waals surface area contributed by atoms with Crippen molar-refractivity contribution in [1.29, 1.82) is 0 Å². The number of fused-ring (bicyclic) bond motifs is 1. The highest BCUT2D eigenvalue weighted by molar-refractivity contribution is 9.10. The SMILES string of the molecule is Clc1cccc(CNC2=Nc3ccc(Br)cc3NC23CCCCC3)c1. The predicted molar refractivity (Wildman–Crippen MR) is 109 cm³/mol. The molecule has 0 radical (unpaired) electrons. The summed E-state index contributed by atoms with van der Waals surface area (Å²) in [5.41, 5.74) is 3.20.